The minimum absolute atomic E-state index is 0.0269. The van der Waals surface area contributed by atoms with Crippen molar-refractivity contribution in [2.45, 2.75) is 39.9 Å². The van der Waals surface area contributed by atoms with Gasteiger partial charge in [-0.1, -0.05) is 6.07 Å². The van der Waals surface area contributed by atoms with E-state index in [-0.39, 0.29) is 11.9 Å². The number of carbonyl (C=O) groups excluding carboxylic acids is 1. The molecule has 0 atom stereocenters. The van der Waals surface area contributed by atoms with E-state index in [1.807, 2.05) is 17.7 Å². The van der Waals surface area contributed by atoms with Crippen molar-refractivity contribution in [1.29, 1.82) is 0 Å². The summed E-state index contributed by atoms with van der Waals surface area (Å²) in [4.78, 5) is 15.3. The first-order valence-corrected chi connectivity index (χ1v) is 10.0. The SMILES string of the molecule is CCOC(=O)C1CCN(Cn2nc(-c3cccs3)n(CC)c2=S)CC1. The highest BCUT2D eigenvalue weighted by Gasteiger charge is 2.26. The van der Waals surface area contributed by atoms with Crippen LogP contribution in [0, 0.1) is 10.7 Å². The third-order valence-corrected chi connectivity index (χ3v) is 5.82. The van der Waals surface area contributed by atoms with E-state index >= 15 is 0 Å². The Morgan fingerprint density at radius 2 is 2.16 bits per heavy atom. The Morgan fingerprint density at radius 3 is 2.76 bits per heavy atom. The van der Waals surface area contributed by atoms with Gasteiger partial charge in [0, 0.05) is 19.6 Å². The van der Waals surface area contributed by atoms with Crippen LogP contribution in [0.2, 0.25) is 0 Å². The molecule has 1 aliphatic rings. The van der Waals surface area contributed by atoms with Crippen LogP contribution in [0.15, 0.2) is 17.5 Å². The molecule has 25 heavy (non-hydrogen) atoms. The number of esters is 1. The summed E-state index contributed by atoms with van der Waals surface area (Å²) in [6, 6.07) is 4.10. The first kappa shape index (κ1) is 18.3. The fourth-order valence-electron chi connectivity index (χ4n) is 3.17. The molecule has 1 aliphatic heterocycles. The minimum Gasteiger partial charge on any atom is -0.466 e. The topological polar surface area (TPSA) is 52.3 Å². The van der Waals surface area contributed by atoms with Crippen LogP contribution in [0.1, 0.15) is 26.7 Å². The second-order valence-corrected chi connectivity index (χ2v) is 7.43. The molecule has 0 bridgehead atoms. The monoisotopic (exact) mass is 380 g/mol. The summed E-state index contributed by atoms with van der Waals surface area (Å²) in [5.41, 5.74) is 0. The standard InChI is InChI=1S/C17H24N4O2S2/c1-3-20-15(14-6-5-11-25-14)18-21(17(20)24)12-19-9-7-13(8-10-19)16(22)23-4-2/h5-6,11,13H,3-4,7-10,12H2,1-2H3. The van der Waals surface area contributed by atoms with Gasteiger partial charge in [-0.25, -0.2) is 4.68 Å². The Bertz CT molecular complexity index is 758. The normalized spacial score (nSPS) is 16.2. The molecule has 0 saturated carbocycles. The van der Waals surface area contributed by atoms with Gasteiger partial charge in [0.25, 0.3) is 0 Å². The Hall–Kier alpha value is -1.51. The third kappa shape index (κ3) is 4.02. The van der Waals surface area contributed by atoms with Crippen LogP contribution in [0.5, 0.6) is 0 Å². The third-order valence-electron chi connectivity index (χ3n) is 4.52. The maximum absolute atomic E-state index is 11.9. The van der Waals surface area contributed by atoms with Gasteiger partial charge in [-0.3, -0.25) is 14.3 Å². The lowest BCUT2D eigenvalue weighted by Gasteiger charge is -2.30. The van der Waals surface area contributed by atoms with Crippen molar-refractivity contribution in [2.75, 3.05) is 19.7 Å². The number of nitrogens with zero attached hydrogens (tertiary/aromatic N) is 4. The van der Waals surface area contributed by atoms with E-state index < -0.39 is 0 Å². The minimum atomic E-state index is -0.0611. The van der Waals surface area contributed by atoms with Crippen LogP contribution >= 0.6 is 23.6 Å². The van der Waals surface area contributed by atoms with Crippen molar-refractivity contribution >= 4 is 29.5 Å². The van der Waals surface area contributed by atoms with Crippen molar-refractivity contribution in [3.63, 3.8) is 0 Å². The highest BCUT2D eigenvalue weighted by atomic mass is 32.1. The molecule has 1 saturated heterocycles. The summed E-state index contributed by atoms with van der Waals surface area (Å²) in [6.45, 7) is 7.58. The Balaban J connectivity index is 1.68. The van der Waals surface area contributed by atoms with Crippen LogP contribution in [0.4, 0.5) is 0 Å². The van der Waals surface area contributed by atoms with E-state index in [9.17, 15) is 4.79 Å². The molecule has 136 valence electrons. The van der Waals surface area contributed by atoms with Crippen molar-refractivity contribution in [3.05, 3.63) is 22.3 Å². The predicted octanol–water partition coefficient (Wildman–Crippen LogP) is 3.40. The molecular formula is C17H24N4O2S2. The molecule has 0 spiro atoms. The fourth-order valence-corrected chi connectivity index (χ4v) is 4.20. The Morgan fingerprint density at radius 1 is 1.40 bits per heavy atom. The van der Waals surface area contributed by atoms with Gasteiger partial charge in [0.1, 0.15) is 0 Å². The molecule has 0 aliphatic carbocycles. The van der Waals surface area contributed by atoms with E-state index in [4.69, 9.17) is 22.1 Å². The molecule has 0 N–H and O–H groups in total. The maximum atomic E-state index is 11.9. The Kier molecular flexibility index (Phi) is 6.03. The van der Waals surface area contributed by atoms with Gasteiger partial charge < -0.3 is 4.74 Å². The zero-order chi connectivity index (χ0) is 17.8. The van der Waals surface area contributed by atoms with E-state index in [0.29, 0.717) is 13.3 Å². The van der Waals surface area contributed by atoms with E-state index in [0.717, 1.165) is 47.9 Å². The lowest BCUT2D eigenvalue weighted by molar-refractivity contribution is -0.149. The molecule has 0 unspecified atom stereocenters. The van der Waals surface area contributed by atoms with Gasteiger partial charge in [0.05, 0.1) is 24.1 Å². The second-order valence-electron chi connectivity index (χ2n) is 6.11. The quantitative estimate of drug-likeness (QED) is 0.568. The molecule has 0 aromatic carbocycles. The van der Waals surface area contributed by atoms with Crippen LogP contribution in [0.25, 0.3) is 10.7 Å². The molecule has 0 radical (unpaired) electrons. The van der Waals surface area contributed by atoms with Crippen molar-refractivity contribution in [2.24, 2.45) is 5.92 Å². The summed E-state index contributed by atoms with van der Waals surface area (Å²) in [7, 11) is 0. The number of piperidine rings is 1. The molecule has 3 heterocycles. The number of ether oxygens (including phenoxy) is 1. The zero-order valence-electron chi connectivity index (χ0n) is 14.7. The zero-order valence-corrected chi connectivity index (χ0v) is 16.3. The van der Waals surface area contributed by atoms with Gasteiger partial charge in [-0.2, -0.15) is 0 Å². The predicted molar refractivity (Wildman–Crippen MR) is 101 cm³/mol. The largest absolute Gasteiger partial charge is 0.466 e. The average molecular weight is 381 g/mol. The highest BCUT2D eigenvalue weighted by molar-refractivity contribution is 7.71. The smallest absolute Gasteiger partial charge is 0.309 e. The van der Waals surface area contributed by atoms with Gasteiger partial charge in [0.15, 0.2) is 10.6 Å². The molecule has 3 rings (SSSR count). The molecule has 8 heteroatoms. The van der Waals surface area contributed by atoms with Gasteiger partial charge >= 0.3 is 5.97 Å². The summed E-state index contributed by atoms with van der Waals surface area (Å²) >= 11 is 7.29. The first-order chi connectivity index (χ1) is 12.1. The second kappa shape index (κ2) is 8.25. The Labute approximate surface area is 157 Å². The molecule has 0 amide bonds. The van der Waals surface area contributed by atoms with Crippen molar-refractivity contribution < 1.29 is 9.53 Å². The number of carbonyl (C=O) groups is 1. The summed E-state index contributed by atoms with van der Waals surface area (Å²) in [5, 5.41) is 6.81. The van der Waals surface area contributed by atoms with E-state index in [1.165, 1.54) is 0 Å². The molecule has 2 aromatic rings. The van der Waals surface area contributed by atoms with Gasteiger partial charge in [-0.15, -0.1) is 16.4 Å². The van der Waals surface area contributed by atoms with Crippen LogP contribution in [-0.4, -0.2) is 44.9 Å². The van der Waals surface area contributed by atoms with Crippen molar-refractivity contribution in [1.82, 2.24) is 19.2 Å². The van der Waals surface area contributed by atoms with Gasteiger partial charge in [-0.05, 0) is 50.4 Å². The molecular weight excluding hydrogens is 356 g/mol. The summed E-state index contributed by atoms with van der Waals surface area (Å²) < 4.78 is 9.86. The summed E-state index contributed by atoms with van der Waals surface area (Å²) in [5.74, 6) is 0.900. The van der Waals surface area contributed by atoms with Gasteiger partial charge in [0.2, 0.25) is 0 Å². The average Bonchev–Trinajstić information content (AvgIpc) is 3.24. The maximum Gasteiger partial charge on any atom is 0.309 e. The van der Waals surface area contributed by atoms with Crippen LogP contribution in [0.3, 0.4) is 0 Å². The first-order valence-electron chi connectivity index (χ1n) is 8.74. The fraction of sp³-hybridized carbons (Fsp3) is 0.588. The molecule has 1 fully saturated rings. The number of thiophene rings is 1. The number of hydrogen-bond acceptors (Lipinski definition) is 6. The number of aromatic nitrogens is 3. The van der Waals surface area contributed by atoms with E-state index in [2.05, 4.69) is 27.8 Å². The lowest BCUT2D eigenvalue weighted by atomic mass is 9.97. The van der Waals surface area contributed by atoms with Crippen molar-refractivity contribution in [3.8, 4) is 10.7 Å². The highest BCUT2D eigenvalue weighted by Crippen LogP contribution is 2.24. The van der Waals surface area contributed by atoms with E-state index in [1.54, 1.807) is 11.3 Å². The lowest BCUT2D eigenvalue weighted by Crippen LogP contribution is -2.38. The number of rotatable bonds is 6. The number of likely N-dealkylation sites (tertiary alicyclic amines) is 1. The number of hydrogen-bond donors (Lipinski definition) is 0. The molecule has 6 nitrogen and oxygen atoms in total. The summed E-state index contributed by atoms with van der Waals surface area (Å²) in [6.07, 6.45) is 1.66. The molecule has 2 aromatic heterocycles. The van der Waals surface area contributed by atoms with Crippen LogP contribution in [-0.2, 0) is 22.7 Å². The van der Waals surface area contributed by atoms with Crippen LogP contribution < -0.4 is 0 Å².